The van der Waals surface area contributed by atoms with E-state index in [-0.39, 0.29) is 18.7 Å². The van der Waals surface area contributed by atoms with Gasteiger partial charge in [0.15, 0.2) is 0 Å². The molecule has 2 aromatic rings. The van der Waals surface area contributed by atoms with Gasteiger partial charge >= 0.3 is 6.03 Å². The van der Waals surface area contributed by atoms with E-state index in [1.165, 1.54) is 0 Å². The molecule has 2 N–H and O–H groups in total. The molecular formula is C18H24N4O3. The number of likely N-dealkylation sites (tertiary alicyclic amines) is 1. The van der Waals surface area contributed by atoms with Crippen molar-refractivity contribution in [2.24, 2.45) is 0 Å². The maximum Gasteiger partial charge on any atom is 0.322 e. The molecule has 134 valence electrons. The number of hydrogen-bond donors (Lipinski definition) is 2. The van der Waals surface area contributed by atoms with Gasteiger partial charge in [0.1, 0.15) is 0 Å². The summed E-state index contributed by atoms with van der Waals surface area (Å²) in [7, 11) is 0. The van der Waals surface area contributed by atoms with Crippen LogP contribution in [0.1, 0.15) is 18.4 Å². The summed E-state index contributed by atoms with van der Waals surface area (Å²) in [5, 5.41) is 16.0. The van der Waals surface area contributed by atoms with E-state index in [9.17, 15) is 4.79 Å². The van der Waals surface area contributed by atoms with E-state index in [4.69, 9.17) is 9.84 Å². The summed E-state index contributed by atoms with van der Waals surface area (Å²) >= 11 is 0. The van der Waals surface area contributed by atoms with Crippen molar-refractivity contribution in [3.05, 3.63) is 48.3 Å². The fourth-order valence-electron chi connectivity index (χ4n) is 2.97. The lowest BCUT2D eigenvalue weighted by Gasteiger charge is -2.32. The number of nitrogens with zero attached hydrogens (tertiary/aromatic N) is 3. The molecule has 1 aliphatic heterocycles. The summed E-state index contributed by atoms with van der Waals surface area (Å²) in [6.07, 6.45) is 5.29. The normalized spacial score (nSPS) is 17.5. The lowest BCUT2D eigenvalue weighted by molar-refractivity contribution is -0.00462. The standard InChI is InChI=1S/C18H24N4O3/c23-9-10-25-17-7-4-8-21(14-17)18(24)20-16-11-19-22(13-16)12-15-5-2-1-3-6-15/h1-3,5-6,11,13,17,23H,4,7-10,12,14H2,(H,20,24). The highest BCUT2D eigenvalue weighted by Crippen LogP contribution is 2.15. The number of piperidine rings is 1. The Bertz CT molecular complexity index is 674. The molecular weight excluding hydrogens is 320 g/mol. The van der Waals surface area contributed by atoms with Crippen LogP contribution in [0.25, 0.3) is 0 Å². The maximum atomic E-state index is 12.4. The van der Waals surface area contributed by atoms with Crippen molar-refractivity contribution in [1.82, 2.24) is 14.7 Å². The van der Waals surface area contributed by atoms with Crippen LogP contribution in [0.3, 0.4) is 0 Å². The Balaban J connectivity index is 1.52. The number of carbonyl (C=O) groups excluding carboxylic acids is 1. The zero-order valence-corrected chi connectivity index (χ0v) is 14.2. The molecule has 7 nitrogen and oxygen atoms in total. The minimum atomic E-state index is -0.142. The van der Waals surface area contributed by atoms with Gasteiger partial charge in [-0.15, -0.1) is 0 Å². The molecule has 0 spiro atoms. The molecule has 1 atom stereocenters. The third kappa shape index (κ3) is 5.04. The monoisotopic (exact) mass is 344 g/mol. The molecule has 2 heterocycles. The van der Waals surface area contributed by atoms with Crippen molar-refractivity contribution in [1.29, 1.82) is 0 Å². The largest absolute Gasteiger partial charge is 0.394 e. The molecule has 1 unspecified atom stereocenters. The zero-order valence-electron chi connectivity index (χ0n) is 14.2. The molecule has 7 heteroatoms. The number of nitrogens with one attached hydrogen (secondary N) is 1. The predicted octanol–water partition coefficient (Wildman–Crippen LogP) is 1.94. The Morgan fingerprint density at radius 1 is 1.36 bits per heavy atom. The Morgan fingerprint density at radius 3 is 3.00 bits per heavy atom. The number of anilines is 1. The number of aliphatic hydroxyl groups excluding tert-OH is 1. The molecule has 25 heavy (non-hydrogen) atoms. The van der Waals surface area contributed by atoms with Crippen molar-refractivity contribution in [2.45, 2.75) is 25.5 Å². The molecule has 2 amide bonds. The van der Waals surface area contributed by atoms with E-state index < -0.39 is 0 Å². The molecule has 1 aromatic carbocycles. The summed E-state index contributed by atoms with van der Waals surface area (Å²) in [6, 6.07) is 9.91. The van der Waals surface area contributed by atoms with Gasteiger partial charge in [-0.3, -0.25) is 4.68 Å². The quantitative estimate of drug-likeness (QED) is 0.839. The van der Waals surface area contributed by atoms with E-state index in [2.05, 4.69) is 10.4 Å². The third-order valence-corrected chi connectivity index (χ3v) is 4.18. The number of aromatic nitrogens is 2. The van der Waals surface area contributed by atoms with Crippen LogP contribution in [-0.4, -0.2) is 58.2 Å². The van der Waals surface area contributed by atoms with E-state index in [1.807, 2.05) is 36.5 Å². The maximum absolute atomic E-state index is 12.4. The molecule has 1 fully saturated rings. The second-order valence-corrected chi connectivity index (χ2v) is 6.15. The fourth-order valence-corrected chi connectivity index (χ4v) is 2.97. The number of urea groups is 1. The van der Waals surface area contributed by atoms with Crippen LogP contribution < -0.4 is 5.32 Å². The first-order valence-electron chi connectivity index (χ1n) is 8.59. The van der Waals surface area contributed by atoms with E-state index in [0.29, 0.717) is 31.9 Å². The predicted molar refractivity (Wildman–Crippen MR) is 94.4 cm³/mol. The minimum Gasteiger partial charge on any atom is -0.394 e. The number of carbonyl (C=O) groups is 1. The SMILES string of the molecule is O=C(Nc1cnn(Cc2ccccc2)c1)N1CCCC(OCCO)C1. The Hall–Kier alpha value is -2.38. The third-order valence-electron chi connectivity index (χ3n) is 4.18. The molecule has 0 bridgehead atoms. The van der Waals surface area contributed by atoms with E-state index in [0.717, 1.165) is 18.4 Å². The van der Waals surface area contributed by atoms with Crippen molar-refractivity contribution in [3.63, 3.8) is 0 Å². The summed E-state index contributed by atoms with van der Waals surface area (Å²) in [5.41, 5.74) is 1.84. The first-order valence-corrected chi connectivity index (χ1v) is 8.59. The van der Waals surface area contributed by atoms with Crippen molar-refractivity contribution >= 4 is 11.7 Å². The average Bonchev–Trinajstić information content (AvgIpc) is 3.08. The second kappa shape index (κ2) is 8.64. The number of amides is 2. The lowest BCUT2D eigenvalue weighted by atomic mass is 10.1. The van der Waals surface area contributed by atoms with Gasteiger partial charge in [-0.2, -0.15) is 5.10 Å². The first-order chi connectivity index (χ1) is 12.2. The molecule has 0 aliphatic carbocycles. The number of hydrogen-bond acceptors (Lipinski definition) is 4. The summed E-state index contributed by atoms with van der Waals surface area (Å²) in [6.45, 7) is 2.24. The molecule has 1 aromatic heterocycles. The van der Waals surface area contributed by atoms with Crippen molar-refractivity contribution < 1.29 is 14.6 Å². The summed E-state index contributed by atoms with van der Waals surface area (Å²) < 4.78 is 7.35. The van der Waals surface area contributed by atoms with Crippen LogP contribution in [-0.2, 0) is 11.3 Å². The van der Waals surface area contributed by atoms with Crippen LogP contribution in [0.15, 0.2) is 42.7 Å². The van der Waals surface area contributed by atoms with Gasteiger partial charge in [0, 0.05) is 19.3 Å². The van der Waals surface area contributed by atoms with Crippen LogP contribution in [0.2, 0.25) is 0 Å². The number of rotatable bonds is 6. The van der Waals surface area contributed by atoms with Crippen LogP contribution in [0.4, 0.5) is 10.5 Å². The van der Waals surface area contributed by atoms with Gasteiger partial charge in [0.25, 0.3) is 0 Å². The Labute approximate surface area is 147 Å². The Morgan fingerprint density at radius 2 is 2.20 bits per heavy atom. The highest BCUT2D eigenvalue weighted by atomic mass is 16.5. The van der Waals surface area contributed by atoms with Crippen LogP contribution in [0.5, 0.6) is 0 Å². The van der Waals surface area contributed by atoms with E-state index in [1.54, 1.807) is 15.8 Å². The van der Waals surface area contributed by atoms with Crippen LogP contribution in [0, 0.1) is 0 Å². The van der Waals surface area contributed by atoms with Gasteiger partial charge in [0.2, 0.25) is 0 Å². The molecule has 1 aliphatic rings. The van der Waals surface area contributed by atoms with Gasteiger partial charge in [-0.25, -0.2) is 4.79 Å². The molecule has 3 rings (SSSR count). The zero-order chi connectivity index (χ0) is 17.5. The summed E-state index contributed by atoms with van der Waals surface area (Å²) in [4.78, 5) is 14.2. The average molecular weight is 344 g/mol. The van der Waals surface area contributed by atoms with Crippen molar-refractivity contribution in [2.75, 3.05) is 31.6 Å². The second-order valence-electron chi connectivity index (χ2n) is 6.15. The van der Waals surface area contributed by atoms with Gasteiger partial charge in [-0.1, -0.05) is 30.3 Å². The van der Waals surface area contributed by atoms with E-state index >= 15 is 0 Å². The first kappa shape index (κ1) is 17.4. The fraction of sp³-hybridized carbons (Fsp3) is 0.444. The molecule has 1 saturated heterocycles. The van der Waals surface area contributed by atoms with Gasteiger partial charge < -0.3 is 20.1 Å². The highest BCUT2D eigenvalue weighted by Gasteiger charge is 2.24. The number of ether oxygens (including phenoxy) is 1. The molecule has 0 radical (unpaired) electrons. The highest BCUT2D eigenvalue weighted by molar-refractivity contribution is 5.89. The Kier molecular flexibility index (Phi) is 6.03. The molecule has 0 saturated carbocycles. The summed E-state index contributed by atoms with van der Waals surface area (Å²) in [5.74, 6) is 0. The smallest absolute Gasteiger partial charge is 0.322 e. The lowest BCUT2D eigenvalue weighted by Crippen LogP contribution is -2.45. The van der Waals surface area contributed by atoms with Gasteiger partial charge in [0.05, 0.1) is 37.7 Å². The minimum absolute atomic E-state index is 0.00327. The van der Waals surface area contributed by atoms with Gasteiger partial charge in [-0.05, 0) is 18.4 Å². The number of benzene rings is 1. The van der Waals surface area contributed by atoms with Crippen LogP contribution >= 0.6 is 0 Å². The topological polar surface area (TPSA) is 79.6 Å². The van der Waals surface area contributed by atoms with Crippen molar-refractivity contribution in [3.8, 4) is 0 Å². The number of aliphatic hydroxyl groups is 1.